The van der Waals surface area contributed by atoms with Gasteiger partial charge in [-0.15, -0.1) is 0 Å². The van der Waals surface area contributed by atoms with Gasteiger partial charge in [-0.1, -0.05) is 0 Å². The molecule has 10 heavy (non-hydrogen) atoms. The van der Waals surface area contributed by atoms with Gasteiger partial charge < -0.3 is 11.5 Å². The molecule has 0 amide bonds. The second kappa shape index (κ2) is 2.21. The van der Waals surface area contributed by atoms with Crippen molar-refractivity contribution in [2.24, 2.45) is 0 Å². The molecule has 54 valence electrons. The summed E-state index contributed by atoms with van der Waals surface area (Å²) in [4.78, 5) is 0. The normalized spacial score (nSPS) is 9.80. The highest BCUT2D eigenvalue weighted by molar-refractivity contribution is 5.59. The second-order valence-corrected chi connectivity index (χ2v) is 2.55. The fraction of sp³-hybridized carbons (Fsp3) is 0.250. The van der Waals surface area contributed by atoms with Gasteiger partial charge in [0, 0.05) is 11.4 Å². The van der Waals surface area contributed by atoms with Gasteiger partial charge in [-0.25, -0.2) is 0 Å². The Morgan fingerprint density at radius 1 is 1.10 bits per heavy atom. The summed E-state index contributed by atoms with van der Waals surface area (Å²) in [6.07, 6.45) is 0. The molecule has 2 nitrogen and oxygen atoms in total. The zero-order chi connectivity index (χ0) is 7.72. The van der Waals surface area contributed by atoms with Crippen LogP contribution in [0.1, 0.15) is 11.1 Å². The fourth-order valence-corrected chi connectivity index (χ4v) is 0.915. The minimum atomic E-state index is 0.737. The minimum absolute atomic E-state index is 0.737. The zero-order valence-corrected chi connectivity index (χ0v) is 6.31. The van der Waals surface area contributed by atoms with Gasteiger partial charge in [0.1, 0.15) is 0 Å². The quantitative estimate of drug-likeness (QED) is 0.530. The number of hydrogen-bond acceptors (Lipinski definition) is 2. The maximum absolute atomic E-state index is 5.64. The molecular weight excluding hydrogens is 124 g/mol. The van der Waals surface area contributed by atoms with E-state index in [1.54, 1.807) is 6.07 Å². The van der Waals surface area contributed by atoms with E-state index in [1.807, 2.05) is 19.9 Å². The molecule has 0 aromatic heterocycles. The van der Waals surface area contributed by atoms with Crippen LogP contribution in [0, 0.1) is 13.8 Å². The molecule has 0 heterocycles. The first-order valence-electron chi connectivity index (χ1n) is 3.23. The van der Waals surface area contributed by atoms with Crippen molar-refractivity contribution in [1.29, 1.82) is 0 Å². The number of rotatable bonds is 0. The number of hydrogen-bond donors (Lipinski definition) is 2. The van der Waals surface area contributed by atoms with Crippen LogP contribution in [0.5, 0.6) is 0 Å². The van der Waals surface area contributed by atoms with E-state index in [-0.39, 0.29) is 0 Å². The first-order valence-corrected chi connectivity index (χ1v) is 3.23. The third-order valence-corrected chi connectivity index (χ3v) is 1.73. The Morgan fingerprint density at radius 2 is 1.70 bits per heavy atom. The van der Waals surface area contributed by atoms with E-state index in [2.05, 4.69) is 0 Å². The summed E-state index contributed by atoms with van der Waals surface area (Å²) >= 11 is 0. The summed E-state index contributed by atoms with van der Waals surface area (Å²) in [5.41, 5.74) is 15.0. The smallest absolute Gasteiger partial charge is 0.0367 e. The Morgan fingerprint density at radius 3 is 2.20 bits per heavy atom. The maximum Gasteiger partial charge on any atom is 0.0367 e. The molecule has 0 bridgehead atoms. The predicted octanol–water partition coefficient (Wildman–Crippen LogP) is 1.47. The van der Waals surface area contributed by atoms with Crippen molar-refractivity contribution in [3.8, 4) is 0 Å². The molecule has 0 atom stereocenters. The van der Waals surface area contributed by atoms with Gasteiger partial charge >= 0.3 is 0 Å². The molecular formula is C8H12N2. The van der Waals surface area contributed by atoms with Crippen LogP contribution in [0.3, 0.4) is 0 Å². The molecule has 1 aromatic rings. The van der Waals surface area contributed by atoms with Crippen molar-refractivity contribution < 1.29 is 0 Å². The van der Waals surface area contributed by atoms with Crippen LogP contribution in [0.4, 0.5) is 11.4 Å². The van der Waals surface area contributed by atoms with E-state index in [9.17, 15) is 0 Å². The first-order chi connectivity index (χ1) is 4.61. The van der Waals surface area contributed by atoms with E-state index in [0.717, 1.165) is 22.5 Å². The molecule has 0 radical (unpaired) electrons. The number of benzene rings is 1. The van der Waals surface area contributed by atoms with Crippen LogP contribution in [-0.2, 0) is 0 Å². The molecule has 1 aromatic carbocycles. The lowest BCUT2D eigenvalue weighted by molar-refractivity contribution is 1.35. The number of nitrogens with two attached hydrogens (primary N) is 2. The van der Waals surface area contributed by atoms with Crippen LogP contribution >= 0.6 is 0 Å². The standard InChI is InChI=1S/C8H12N2/c1-5-3-7(9)4-8(10)6(5)2/h3-4H,9-10H2,1-2H3. The van der Waals surface area contributed by atoms with Gasteiger partial charge in [0.25, 0.3) is 0 Å². The lowest BCUT2D eigenvalue weighted by Gasteiger charge is -2.04. The lowest BCUT2D eigenvalue weighted by Crippen LogP contribution is -1.95. The number of aryl methyl sites for hydroxylation is 1. The Bertz CT molecular complexity index is 230. The highest BCUT2D eigenvalue weighted by Gasteiger charge is 1.97. The number of nitrogen functional groups attached to an aromatic ring is 2. The molecule has 0 aliphatic carbocycles. The van der Waals surface area contributed by atoms with E-state index < -0.39 is 0 Å². The van der Waals surface area contributed by atoms with Crippen LogP contribution in [0.15, 0.2) is 12.1 Å². The van der Waals surface area contributed by atoms with Crippen molar-refractivity contribution in [3.63, 3.8) is 0 Å². The van der Waals surface area contributed by atoms with Crippen molar-refractivity contribution in [2.75, 3.05) is 11.5 Å². The Labute approximate surface area is 60.8 Å². The van der Waals surface area contributed by atoms with Gasteiger partial charge in [0.15, 0.2) is 0 Å². The third-order valence-electron chi connectivity index (χ3n) is 1.73. The van der Waals surface area contributed by atoms with E-state index in [1.165, 1.54) is 0 Å². The highest BCUT2D eigenvalue weighted by Crippen LogP contribution is 2.18. The molecule has 0 aliphatic heterocycles. The van der Waals surface area contributed by atoms with Crippen LogP contribution < -0.4 is 11.5 Å². The van der Waals surface area contributed by atoms with Gasteiger partial charge in [-0.05, 0) is 37.1 Å². The Kier molecular flexibility index (Phi) is 1.53. The number of anilines is 2. The summed E-state index contributed by atoms with van der Waals surface area (Å²) in [7, 11) is 0. The van der Waals surface area contributed by atoms with Crippen molar-refractivity contribution in [1.82, 2.24) is 0 Å². The lowest BCUT2D eigenvalue weighted by atomic mass is 10.1. The van der Waals surface area contributed by atoms with Crippen LogP contribution in [0.25, 0.3) is 0 Å². The van der Waals surface area contributed by atoms with Gasteiger partial charge in [-0.3, -0.25) is 0 Å². The Balaban J connectivity index is 3.31. The molecule has 0 spiro atoms. The minimum Gasteiger partial charge on any atom is -0.399 e. The SMILES string of the molecule is Cc1cc(N)cc(N)c1C. The second-order valence-electron chi connectivity index (χ2n) is 2.55. The van der Waals surface area contributed by atoms with Gasteiger partial charge in [0.2, 0.25) is 0 Å². The molecule has 0 unspecified atom stereocenters. The summed E-state index contributed by atoms with van der Waals surface area (Å²) in [6, 6.07) is 3.70. The van der Waals surface area contributed by atoms with E-state index in [4.69, 9.17) is 11.5 Å². The first kappa shape index (κ1) is 6.93. The van der Waals surface area contributed by atoms with Gasteiger partial charge in [-0.2, -0.15) is 0 Å². The third kappa shape index (κ3) is 1.05. The zero-order valence-electron chi connectivity index (χ0n) is 6.31. The van der Waals surface area contributed by atoms with Crippen LogP contribution in [0.2, 0.25) is 0 Å². The Hall–Kier alpha value is -1.18. The summed E-state index contributed by atoms with van der Waals surface area (Å²) in [5.74, 6) is 0. The molecule has 1 rings (SSSR count). The molecule has 0 fully saturated rings. The molecule has 2 heteroatoms. The highest BCUT2D eigenvalue weighted by atomic mass is 14.6. The average Bonchev–Trinajstić information content (AvgIpc) is 1.82. The summed E-state index contributed by atoms with van der Waals surface area (Å²) in [6.45, 7) is 3.99. The summed E-state index contributed by atoms with van der Waals surface area (Å²) < 4.78 is 0. The largest absolute Gasteiger partial charge is 0.399 e. The van der Waals surface area contributed by atoms with Crippen molar-refractivity contribution in [2.45, 2.75) is 13.8 Å². The van der Waals surface area contributed by atoms with E-state index in [0.29, 0.717) is 0 Å². The fourth-order valence-electron chi connectivity index (χ4n) is 0.915. The van der Waals surface area contributed by atoms with Crippen LogP contribution in [-0.4, -0.2) is 0 Å². The monoisotopic (exact) mass is 136 g/mol. The molecule has 0 saturated heterocycles. The average molecular weight is 136 g/mol. The van der Waals surface area contributed by atoms with Crippen molar-refractivity contribution >= 4 is 11.4 Å². The molecule has 0 aliphatic rings. The van der Waals surface area contributed by atoms with Crippen molar-refractivity contribution in [3.05, 3.63) is 23.3 Å². The predicted molar refractivity (Wildman–Crippen MR) is 44.7 cm³/mol. The molecule has 4 N–H and O–H groups in total. The van der Waals surface area contributed by atoms with E-state index >= 15 is 0 Å². The molecule has 0 saturated carbocycles. The van der Waals surface area contributed by atoms with Gasteiger partial charge in [0.05, 0.1) is 0 Å². The maximum atomic E-state index is 5.64. The topological polar surface area (TPSA) is 52.0 Å². The summed E-state index contributed by atoms with van der Waals surface area (Å²) in [5, 5.41) is 0.